The largest absolute Gasteiger partial charge is 0.333 e. The summed E-state index contributed by atoms with van der Waals surface area (Å²) in [6, 6.07) is 7.97. The van der Waals surface area contributed by atoms with Gasteiger partial charge in [0.2, 0.25) is 0 Å². The van der Waals surface area contributed by atoms with Gasteiger partial charge in [-0.05, 0) is 43.7 Å². The van der Waals surface area contributed by atoms with Crippen molar-refractivity contribution in [2.24, 2.45) is 5.73 Å². The van der Waals surface area contributed by atoms with Gasteiger partial charge in [-0.25, -0.2) is 0 Å². The second-order valence-electron chi connectivity index (χ2n) is 2.67. The summed E-state index contributed by atoms with van der Waals surface area (Å²) in [7, 11) is 1.50. The molecule has 0 unspecified atom stereocenters. The predicted octanol–water partition coefficient (Wildman–Crippen LogP) is 3.73. The van der Waals surface area contributed by atoms with Crippen molar-refractivity contribution in [2.45, 2.75) is 20.3 Å². The van der Waals surface area contributed by atoms with Crippen LogP contribution in [0.25, 0.3) is 5.57 Å². The van der Waals surface area contributed by atoms with Crippen molar-refractivity contribution in [1.82, 2.24) is 0 Å². The summed E-state index contributed by atoms with van der Waals surface area (Å²) in [5.74, 6) is 0. The summed E-state index contributed by atoms with van der Waals surface area (Å²) in [6.45, 7) is 4.22. The van der Waals surface area contributed by atoms with Crippen LogP contribution < -0.4 is 5.73 Å². The lowest BCUT2D eigenvalue weighted by Gasteiger charge is -2.03. The Morgan fingerprint density at radius 1 is 1.29 bits per heavy atom. The minimum Gasteiger partial charge on any atom is -0.333 e. The maximum atomic E-state index is 5.78. The lowest BCUT2D eigenvalue weighted by molar-refractivity contribution is 1.23. The molecule has 0 radical (unpaired) electrons. The maximum absolute atomic E-state index is 5.78. The summed E-state index contributed by atoms with van der Waals surface area (Å²) < 4.78 is 0. The third-order valence-electron chi connectivity index (χ3n) is 1.94. The second-order valence-corrected chi connectivity index (χ2v) is 3.11. The van der Waals surface area contributed by atoms with E-state index in [1.165, 1.54) is 18.2 Å². The molecule has 14 heavy (non-hydrogen) atoms. The smallest absolute Gasteiger partial charge is 0.0406 e. The Bertz CT molecular complexity index is 275. The number of allylic oxidation sites excluding steroid dienone is 2. The monoisotopic (exact) mass is 211 g/mol. The molecule has 0 aliphatic heterocycles. The van der Waals surface area contributed by atoms with Crippen LogP contribution in [0.1, 0.15) is 25.8 Å². The van der Waals surface area contributed by atoms with Gasteiger partial charge in [0, 0.05) is 5.02 Å². The summed E-state index contributed by atoms with van der Waals surface area (Å²) >= 11 is 5.78. The van der Waals surface area contributed by atoms with E-state index in [9.17, 15) is 0 Å². The molecule has 1 rings (SSSR count). The van der Waals surface area contributed by atoms with Gasteiger partial charge in [-0.3, -0.25) is 0 Å². The van der Waals surface area contributed by atoms with Gasteiger partial charge < -0.3 is 5.73 Å². The molecule has 1 aromatic carbocycles. The Hall–Kier alpha value is -0.790. The highest BCUT2D eigenvalue weighted by Gasteiger charge is 1.96. The molecule has 0 amide bonds. The second kappa shape index (κ2) is 7.60. The van der Waals surface area contributed by atoms with Gasteiger partial charge >= 0.3 is 0 Å². The third kappa shape index (κ3) is 3.95. The highest BCUT2D eigenvalue weighted by Crippen LogP contribution is 2.19. The van der Waals surface area contributed by atoms with E-state index < -0.39 is 0 Å². The first-order chi connectivity index (χ1) is 6.77. The molecule has 0 saturated carbocycles. The zero-order valence-corrected chi connectivity index (χ0v) is 9.81. The quantitative estimate of drug-likeness (QED) is 0.793. The fraction of sp³-hybridized carbons (Fsp3) is 0.333. The van der Waals surface area contributed by atoms with Gasteiger partial charge in [0.15, 0.2) is 0 Å². The fourth-order valence-electron chi connectivity index (χ4n) is 1.24. The van der Waals surface area contributed by atoms with E-state index in [2.05, 4.69) is 37.8 Å². The van der Waals surface area contributed by atoms with Crippen LogP contribution in [0.4, 0.5) is 0 Å². The maximum Gasteiger partial charge on any atom is 0.0406 e. The SMILES string of the molecule is C/C=C(\CC)c1ccc(Cl)cc1.CN. The Labute approximate surface area is 91.6 Å². The van der Waals surface area contributed by atoms with E-state index in [1.807, 2.05) is 12.1 Å². The van der Waals surface area contributed by atoms with Crippen LogP contribution in [-0.4, -0.2) is 7.05 Å². The van der Waals surface area contributed by atoms with Gasteiger partial charge in [-0.2, -0.15) is 0 Å². The molecule has 1 nitrogen and oxygen atoms in total. The molecule has 0 heterocycles. The molecule has 0 atom stereocenters. The van der Waals surface area contributed by atoms with Crippen LogP contribution in [0.3, 0.4) is 0 Å². The summed E-state index contributed by atoms with van der Waals surface area (Å²) in [6.07, 6.45) is 3.21. The first-order valence-electron chi connectivity index (χ1n) is 4.76. The molecular weight excluding hydrogens is 194 g/mol. The van der Waals surface area contributed by atoms with Crippen molar-refractivity contribution < 1.29 is 0 Å². The molecular formula is C12H18ClN. The molecule has 0 aliphatic rings. The predicted molar refractivity (Wildman–Crippen MR) is 65.5 cm³/mol. The number of nitrogens with two attached hydrogens (primary N) is 1. The molecule has 2 N–H and O–H groups in total. The van der Waals surface area contributed by atoms with Crippen LogP contribution in [0.2, 0.25) is 5.02 Å². The lowest BCUT2D eigenvalue weighted by atomic mass is 10.0. The van der Waals surface area contributed by atoms with Crippen molar-refractivity contribution in [3.63, 3.8) is 0 Å². The summed E-state index contributed by atoms with van der Waals surface area (Å²) in [4.78, 5) is 0. The normalized spacial score (nSPS) is 10.5. The van der Waals surface area contributed by atoms with Crippen molar-refractivity contribution in [1.29, 1.82) is 0 Å². The minimum atomic E-state index is 0.797. The Kier molecular flexibility index (Phi) is 7.17. The molecule has 2 heteroatoms. The molecule has 0 aromatic heterocycles. The van der Waals surface area contributed by atoms with Crippen molar-refractivity contribution in [3.8, 4) is 0 Å². The van der Waals surface area contributed by atoms with Gasteiger partial charge in [0.1, 0.15) is 0 Å². The molecule has 0 saturated heterocycles. The number of halogens is 1. The average molecular weight is 212 g/mol. The number of benzene rings is 1. The molecule has 1 aromatic rings. The molecule has 0 bridgehead atoms. The van der Waals surface area contributed by atoms with Gasteiger partial charge in [0.05, 0.1) is 0 Å². The fourth-order valence-corrected chi connectivity index (χ4v) is 1.36. The van der Waals surface area contributed by atoms with E-state index in [-0.39, 0.29) is 0 Å². The van der Waals surface area contributed by atoms with Crippen LogP contribution in [0, 0.1) is 0 Å². The highest BCUT2D eigenvalue weighted by molar-refractivity contribution is 6.30. The van der Waals surface area contributed by atoms with Crippen LogP contribution in [-0.2, 0) is 0 Å². The Morgan fingerprint density at radius 3 is 2.14 bits per heavy atom. The van der Waals surface area contributed by atoms with Crippen LogP contribution in [0.15, 0.2) is 30.3 Å². The van der Waals surface area contributed by atoms with Crippen molar-refractivity contribution >= 4 is 17.2 Å². The van der Waals surface area contributed by atoms with Gasteiger partial charge in [-0.1, -0.05) is 36.7 Å². The lowest BCUT2D eigenvalue weighted by Crippen LogP contribution is -1.80. The number of hydrogen-bond acceptors (Lipinski definition) is 1. The van der Waals surface area contributed by atoms with Crippen LogP contribution >= 0.6 is 11.6 Å². The van der Waals surface area contributed by atoms with E-state index in [1.54, 1.807) is 0 Å². The third-order valence-corrected chi connectivity index (χ3v) is 2.20. The summed E-state index contributed by atoms with van der Waals surface area (Å²) in [5.41, 5.74) is 7.14. The minimum absolute atomic E-state index is 0.797. The zero-order valence-electron chi connectivity index (χ0n) is 9.05. The standard InChI is InChI=1S/C11H13Cl.CH5N/c1-3-9(4-2)10-5-7-11(12)8-6-10;1-2/h3,5-8H,4H2,1-2H3;2H2,1H3/b9-3+;. The first kappa shape index (κ1) is 13.2. The Morgan fingerprint density at radius 2 is 1.79 bits per heavy atom. The van der Waals surface area contributed by atoms with E-state index in [0.717, 1.165) is 11.4 Å². The molecule has 0 aliphatic carbocycles. The van der Waals surface area contributed by atoms with Crippen molar-refractivity contribution in [3.05, 3.63) is 40.9 Å². The number of hydrogen-bond donors (Lipinski definition) is 1. The molecule has 0 spiro atoms. The molecule has 78 valence electrons. The topological polar surface area (TPSA) is 26.0 Å². The Balaban J connectivity index is 0.000000791. The zero-order chi connectivity index (χ0) is 11.0. The first-order valence-corrected chi connectivity index (χ1v) is 5.14. The van der Waals surface area contributed by atoms with E-state index >= 15 is 0 Å². The van der Waals surface area contributed by atoms with E-state index in [4.69, 9.17) is 11.6 Å². The van der Waals surface area contributed by atoms with Gasteiger partial charge in [0.25, 0.3) is 0 Å². The van der Waals surface area contributed by atoms with Gasteiger partial charge in [-0.15, -0.1) is 0 Å². The summed E-state index contributed by atoms with van der Waals surface area (Å²) in [5, 5.41) is 0.797. The average Bonchev–Trinajstić information content (AvgIpc) is 2.25. The van der Waals surface area contributed by atoms with Crippen LogP contribution in [0.5, 0.6) is 0 Å². The van der Waals surface area contributed by atoms with Crippen molar-refractivity contribution in [2.75, 3.05) is 7.05 Å². The molecule has 0 fully saturated rings. The van der Waals surface area contributed by atoms with E-state index in [0.29, 0.717) is 0 Å². The number of rotatable bonds is 2. The highest BCUT2D eigenvalue weighted by atomic mass is 35.5.